The average Bonchev–Trinajstić information content (AvgIpc) is 2.37. The summed E-state index contributed by atoms with van der Waals surface area (Å²) in [4.78, 5) is 10.0. The molecule has 1 aromatic carbocycles. The van der Waals surface area contributed by atoms with Gasteiger partial charge in [0.25, 0.3) is 5.69 Å². The van der Waals surface area contributed by atoms with Gasteiger partial charge in [0, 0.05) is 12.6 Å². The molecule has 116 valence electrons. The fraction of sp³-hybridized carbons (Fsp3) is 0.500. The lowest BCUT2D eigenvalue weighted by Crippen LogP contribution is -2.55. The molecule has 0 atom stereocenters. The number of nitrogens with two attached hydrogens (primary N) is 1. The van der Waals surface area contributed by atoms with Gasteiger partial charge in [0.05, 0.1) is 28.6 Å². The van der Waals surface area contributed by atoms with Gasteiger partial charge in [0.15, 0.2) is 0 Å². The topological polar surface area (TPSA) is 116 Å². The first kappa shape index (κ1) is 15.7. The minimum atomic E-state index is -3.78. The van der Waals surface area contributed by atoms with Gasteiger partial charge in [-0.2, -0.15) is 4.31 Å². The molecule has 1 heterocycles. The van der Waals surface area contributed by atoms with Crippen LogP contribution in [0, 0.1) is 10.1 Å². The average molecular weight is 315 g/mol. The number of hydrogen-bond acceptors (Lipinski definition) is 6. The van der Waals surface area contributed by atoms with Crippen LogP contribution in [0.25, 0.3) is 0 Å². The van der Waals surface area contributed by atoms with E-state index in [1.807, 2.05) is 0 Å². The first-order valence-electron chi connectivity index (χ1n) is 6.31. The molecule has 1 aliphatic rings. The van der Waals surface area contributed by atoms with E-state index in [4.69, 9.17) is 10.5 Å². The Balaban J connectivity index is 2.44. The number of nitrogen functional groups attached to an aromatic ring is 1. The second-order valence-corrected chi connectivity index (χ2v) is 7.28. The molecule has 2 N–H and O–H groups in total. The Morgan fingerprint density at radius 3 is 2.62 bits per heavy atom. The van der Waals surface area contributed by atoms with E-state index in [1.54, 1.807) is 13.8 Å². The molecule has 1 aromatic rings. The number of nitro groups is 1. The summed E-state index contributed by atoms with van der Waals surface area (Å²) in [5, 5.41) is 10.7. The summed E-state index contributed by atoms with van der Waals surface area (Å²) < 4.78 is 32.0. The third kappa shape index (κ3) is 2.85. The van der Waals surface area contributed by atoms with Crippen LogP contribution < -0.4 is 5.73 Å². The first-order valence-corrected chi connectivity index (χ1v) is 7.75. The Morgan fingerprint density at radius 1 is 1.43 bits per heavy atom. The van der Waals surface area contributed by atoms with Crippen LogP contribution in [0.5, 0.6) is 0 Å². The molecular formula is C12H17N3O5S. The highest BCUT2D eigenvalue weighted by Crippen LogP contribution is 2.30. The molecular weight excluding hydrogens is 298 g/mol. The highest BCUT2D eigenvalue weighted by molar-refractivity contribution is 7.89. The lowest BCUT2D eigenvalue weighted by atomic mass is 10.1. The van der Waals surface area contributed by atoms with Gasteiger partial charge >= 0.3 is 0 Å². The van der Waals surface area contributed by atoms with Crippen molar-refractivity contribution in [2.24, 2.45) is 0 Å². The Bertz CT molecular complexity index is 671. The number of rotatable bonds is 3. The van der Waals surface area contributed by atoms with Gasteiger partial charge in [-0.3, -0.25) is 10.1 Å². The molecule has 0 amide bonds. The molecule has 9 heteroatoms. The first-order chi connectivity index (χ1) is 9.66. The zero-order valence-corrected chi connectivity index (χ0v) is 12.6. The maximum absolute atomic E-state index is 12.7. The molecule has 8 nitrogen and oxygen atoms in total. The van der Waals surface area contributed by atoms with Crippen LogP contribution in [0.15, 0.2) is 23.1 Å². The monoisotopic (exact) mass is 315 g/mol. The quantitative estimate of drug-likeness (QED) is 0.505. The second-order valence-electron chi connectivity index (χ2n) is 5.42. The number of anilines is 1. The molecule has 0 saturated carbocycles. The van der Waals surface area contributed by atoms with Crippen molar-refractivity contribution in [1.29, 1.82) is 0 Å². The van der Waals surface area contributed by atoms with Crippen molar-refractivity contribution in [3.63, 3.8) is 0 Å². The zero-order valence-electron chi connectivity index (χ0n) is 11.8. The van der Waals surface area contributed by atoms with Crippen LogP contribution in [0.3, 0.4) is 0 Å². The van der Waals surface area contributed by atoms with E-state index in [-0.39, 0.29) is 29.4 Å². The Kier molecular flexibility index (Phi) is 3.91. The van der Waals surface area contributed by atoms with Crippen molar-refractivity contribution in [1.82, 2.24) is 4.31 Å². The number of morpholine rings is 1. The molecule has 1 saturated heterocycles. The fourth-order valence-electron chi connectivity index (χ4n) is 2.28. The summed E-state index contributed by atoms with van der Waals surface area (Å²) in [6, 6.07) is 3.43. The summed E-state index contributed by atoms with van der Waals surface area (Å²) in [6.45, 7) is 4.35. The van der Waals surface area contributed by atoms with Crippen LogP contribution in [0.1, 0.15) is 13.8 Å². The predicted octanol–water partition coefficient (Wildman–Crippen LogP) is 0.976. The molecule has 0 aliphatic carbocycles. The van der Waals surface area contributed by atoms with Gasteiger partial charge < -0.3 is 10.5 Å². The summed E-state index contributed by atoms with van der Waals surface area (Å²) in [6.07, 6.45) is 0. The molecule has 0 radical (unpaired) electrons. The minimum absolute atomic E-state index is 0.0550. The van der Waals surface area contributed by atoms with Crippen LogP contribution in [-0.4, -0.2) is 42.9 Å². The van der Waals surface area contributed by atoms with Crippen molar-refractivity contribution in [3.8, 4) is 0 Å². The lowest BCUT2D eigenvalue weighted by Gasteiger charge is -2.40. The SMILES string of the molecule is CC1(C)COCCN1S(=O)(=O)c1ccc([N+](=O)[O-])c(N)c1. The third-order valence-corrected chi connectivity index (χ3v) is 5.46. The Morgan fingerprint density at radius 2 is 2.10 bits per heavy atom. The third-order valence-electron chi connectivity index (χ3n) is 3.35. The number of sulfonamides is 1. The van der Waals surface area contributed by atoms with E-state index in [1.165, 1.54) is 10.4 Å². The maximum atomic E-state index is 12.7. The minimum Gasteiger partial charge on any atom is -0.393 e. The van der Waals surface area contributed by atoms with Crippen molar-refractivity contribution >= 4 is 21.4 Å². The van der Waals surface area contributed by atoms with E-state index in [2.05, 4.69) is 0 Å². The molecule has 2 rings (SSSR count). The van der Waals surface area contributed by atoms with E-state index < -0.39 is 20.5 Å². The smallest absolute Gasteiger partial charge is 0.292 e. The number of benzene rings is 1. The molecule has 21 heavy (non-hydrogen) atoms. The molecule has 0 aromatic heterocycles. The van der Waals surface area contributed by atoms with Crippen LogP contribution in [-0.2, 0) is 14.8 Å². The van der Waals surface area contributed by atoms with Crippen molar-refractivity contribution in [2.45, 2.75) is 24.3 Å². The van der Waals surface area contributed by atoms with E-state index in [9.17, 15) is 18.5 Å². The summed E-state index contributed by atoms with van der Waals surface area (Å²) in [5.41, 5.74) is 4.40. The molecule has 1 aliphatic heterocycles. The highest BCUT2D eigenvalue weighted by atomic mass is 32.2. The van der Waals surface area contributed by atoms with Crippen molar-refractivity contribution in [2.75, 3.05) is 25.5 Å². The molecule has 1 fully saturated rings. The molecule has 0 spiro atoms. The lowest BCUT2D eigenvalue weighted by molar-refractivity contribution is -0.383. The van der Waals surface area contributed by atoms with Crippen LogP contribution >= 0.6 is 0 Å². The number of nitro benzene ring substituents is 1. The predicted molar refractivity (Wildman–Crippen MR) is 76.3 cm³/mol. The Labute approximate surface area is 122 Å². The van der Waals surface area contributed by atoms with E-state index in [0.29, 0.717) is 6.61 Å². The van der Waals surface area contributed by atoms with Crippen LogP contribution in [0.4, 0.5) is 11.4 Å². The van der Waals surface area contributed by atoms with Crippen molar-refractivity contribution in [3.05, 3.63) is 28.3 Å². The zero-order chi connectivity index (χ0) is 15.8. The largest absolute Gasteiger partial charge is 0.393 e. The van der Waals surface area contributed by atoms with Crippen LogP contribution in [0.2, 0.25) is 0 Å². The van der Waals surface area contributed by atoms with Gasteiger partial charge in [-0.15, -0.1) is 0 Å². The van der Waals surface area contributed by atoms with Gasteiger partial charge in [0.1, 0.15) is 5.69 Å². The summed E-state index contributed by atoms with van der Waals surface area (Å²) in [7, 11) is -3.78. The normalized spacial score (nSPS) is 19.3. The second kappa shape index (κ2) is 5.24. The van der Waals surface area contributed by atoms with Crippen molar-refractivity contribution < 1.29 is 18.1 Å². The number of nitrogens with zero attached hydrogens (tertiary/aromatic N) is 2. The number of hydrogen-bond donors (Lipinski definition) is 1. The van der Waals surface area contributed by atoms with Gasteiger partial charge in [-0.25, -0.2) is 8.42 Å². The van der Waals surface area contributed by atoms with Gasteiger partial charge in [-0.1, -0.05) is 0 Å². The summed E-state index contributed by atoms with van der Waals surface area (Å²) >= 11 is 0. The van der Waals surface area contributed by atoms with Gasteiger partial charge in [-0.05, 0) is 26.0 Å². The van der Waals surface area contributed by atoms with Gasteiger partial charge in [0.2, 0.25) is 10.0 Å². The number of ether oxygens (including phenoxy) is 1. The molecule has 0 bridgehead atoms. The molecule has 0 unspecified atom stereocenters. The summed E-state index contributed by atoms with van der Waals surface area (Å²) in [5.74, 6) is 0. The standard InChI is InChI=1S/C12H17N3O5S/c1-12(2)8-20-6-5-14(12)21(18,19)9-3-4-11(15(16)17)10(13)7-9/h3-4,7H,5-6,8,13H2,1-2H3. The fourth-order valence-corrected chi connectivity index (χ4v) is 4.06. The highest BCUT2D eigenvalue weighted by Gasteiger charge is 2.40. The maximum Gasteiger partial charge on any atom is 0.292 e. The Hall–Kier alpha value is -1.71. The van der Waals surface area contributed by atoms with E-state index >= 15 is 0 Å². The van der Waals surface area contributed by atoms with E-state index in [0.717, 1.165) is 12.1 Å².